The number of nitrogens with zero attached hydrogens (tertiary/aromatic N) is 1. The Labute approximate surface area is 102 Å². The van der Waals surface area contributed by atoms with E-state index in [0.29, 0.717) is 16.8 Å². The second-order valence-electron chi connectivity index (χ2n) is 3.72. The zero-order chi connectivity index (χ0) is 13.1. The lowest BCUT2D eigenvalue weighted by molar-refractivity contribution is -0.385. The molecule has 0 aliphatic rings. The normalized spacial score (nSPS) is 10.1. The number of hydrogen-bond donors (Lipinski definition) is 1. The molecule has 2 rings (SSSR count). The van der Waals surface area contributed by atoms with Gasteiger partial charge in [0.25, 0.3) is 11.6 Å². The van der Waals surface area contributed by atoms with Crippen LogP contribution in [0, 0.1) is 17.0 Å². The van der Waals surface area contributed by atoms with Crippen molar-refractivity contribution in [1.82, 2.24) is 0 Å². The van der Waals surface area contributed by atoms with Gasteiger partial charge in [0.2, 0.25) is 0 Å². The maximum Gasteiger partial charge on any atom is 0.274 e. The minimum atomic E-state index is -0.483. The standard InChI is InChI=1S/C12H10N2O4/c1-8-2-3-10(6-11(8)14(16)17)13-12(15)9-4-5-18-7-9/h2-7H,1H3,(H,13,15). The van der Waals surface area contributed by atoms with Gasteiger partial charge in [0, 0.05) is 17.3 Å². The molecule has 1 aromatic heterocycles. The van der Waals surface area contributed by atoms with Crippen LogP contribution in [-0.2, 0) is 0 Å². The number of furan rings is 1. The van der Waals surface area contributed by atoms with Crippen LogP contribution in [0.1, 0.15) is 15.9 Å². The molecule has 0 fully saturated rings. The Balaban J connectivity index is 2.22. The van der Waals surface area contributed by atoms with Crippen molar-refractivity contribution in [3.05, 3.63) is 58.0 Å². The highest BCUT2D eigenvalue weighted by Gasteiger charge is 2.13. The van der Waals surface area contributed by atoms with Crippen LogP contribution in [0.15, 0.2) is 41.2 Å². The summed E-state index contributed by atoms with van der Waals surface area (Å²) in [6.45, 7) is 1.64. The number of nitro benzene ring substituents is 1. The fourth-order valence-electron chi connectivity index (χ4n) is 1.48. The summed E-state index contributed by atoms with van der Waals surface area (Å²) in [5.41, 5.74) is 1.25. The number of anilines is 1. The number of benzene rings is 1. The summed E-state index contributed by atoms with van der Waals surface area (Å²) in [4.78, 5) is 22.0. The van der Waals surface area contributed by atoms with Crippen molar-refractivity contribution in [1.29, 1.82) is 0 Å². The number of nitrogens with one attached hydrogen (secondary N) is 1. The molecular formula is C12H10N2O4. The number of amides is 1. The molecule has 6 heteroatoms. The van der Waals surface area contributed by atoms with Crippen LogP contribution in [0.5, 0.6) is 0 Å². The van der Waals surface area contributed by atoms with Gasteiger partial charge >= 0.3 is 0 Å². The third-order valence-electron chi connectivity index (χ3n) is 2.45. The molecule has 0 radical (unpaired) electrons. The van der Waals surface area contributed by atoms with Crippen LogP contribution in [0.2, 0.25) is 0 Å². The van der Waals surface area contributed by atoms with Gasteiger partial charge in [-0.1, -0.05) is 6.07 Å². The van der Waals surface area contributed by atoms with E-state index in [1.807, 2.05) is 0 Å². The maximum absolute atomic E-state index is 11.7. The van der Waals surface area contributed by atoms with Gasteiger partial charge in [-0.05, 0) is 19.1 Å². The van der Waals surface area contributed by atoms with Crippen LogP contribution >= 0.6 is 0 Å². The molecule has 6 nitrogen and oxygen atoms in total. The summed E-state index contributed by atoms with van der Waals surface area (Å²) in [6.07, 6.45) is 2.68. The van der Waals surface area contributed by atoms with E-state index in [2.05, 4.69) is 5.32 Å². The smallest absolute Gasteiger partial charge is 0.274 e. The molecule has 2 aromatic rings. The van der Waals surface area contributed by atoms with Crippen molar-refractivity contribution in [3.8, 4) is 0 Å². The van der Waals surface area contributed by atoms with E-state index >= 15 is 0 Å². The highest BCUT2D eigenvalue weighted by atomic mass is 16.6. The zero-order valence-corrected chi connectivity index (χ0v) is 9.54. The van der Waals surface area contributed by atoms with Gasteiger partial charge in [0.05, 0.1) is 16.7 Å². The fourth-order valence-corrected chi connectivity index (χ4v) is 1.48. The summed E-state index contributed by atoms with van der Waals surface area (Å²) in [7, 11) is 0. The lowest BCUT2D eigenvalue weighted by atomic mass is 10.2. The zero-order valence-electron chi connectivity index (χ0n) is 9.54. The average Bonchev–Trinajstić information content (AvgIpc) is 2.85. The minimum absolute atomic E-state index is 0.0278. The third kappa shape index (κ3) is 2.37. The van der Waals surface area contributed by atoms with Gasteiger partial charge in [-0.2, -0.15) is 0 Å². The molecule has 1 amide bonds. The largest absolute Gasteiger partial charge is 0.472 e. The Kier molecular flexibility index (Phi) is 3.09. The molecule has 0 spiro atoms. The highest BCUT2D eigenvalue weighted by Crippen LogP contribution is 2.22. The number of hydrogen-bond acceptors (Lipinski definition) is 4. The maximum atomic E-state index is 11.7. The molecule has 92 valence electrons. The number of carbonyl (C=O) groups excluding carboxylic acids is 1. The van der Waals surface area contributed by atoms with Gasteiger partial charge < -0.3 is 9.73 Å². The Morgan fingerprint density at radius 2 is 2.17 bits per heavy atom. The summed E-state index contributed by atoms with van der Waals surface area (Å²) < 4.78 is 4.79. The highest BCUT2D eigenvalue weighted by molar-refractivity contribution is 6.04. The Morgan fingerprint density at radius 1 is 1.39 bits per heavy atom. The van der Waals surface area contributed by atoms with Crippen LogP contribution < -0.4 is 5.32 Å². The first-order chi connectivity index (χ1) is 8.58. The van der Waals surface area contributed by atoms with Crippen molar-refractivity contribution in [2.24, 2.45) is 0 Å². The quantitative estimate of drug-likeness (QED) is 0.666. The van der Waals surface area contributed by atoms with E-state index < -0.39 is 4.92 Å². The Hall–Kier alpha value is -2.63. The van der Waals surface area contributed by atoms with Crippen molar-refractivity contribution < 1.29 is 14.1 Å². The molecule has 0 aliphatic carbocycles. The lowest BCUT2D eigenvalue weighted by Crippen LogP contribution is -2.11. The molecule has 0 saturated heterocycles. The van der Waals surface area contributed by atoms with E-state index in [1.54, 1.807) is 19.1 Å². The first kappa shape index (κ1) is 11.8. The molecule has 0 atom stereocenters. The van der Waals surface area contributed by atoms with Crippen LogP contribution in [0.25, 0.3) is 0 Å². The SMILES string of the molecule is Cc1ccc(NC(=O)c2ccoc2)cc1[N+](=O)[O-]. The monoisotopic (exact) mass is 246 g/mol. The van der Waals surface area contributed by atoms with Crippen molar-refractivity contribution >= 4 is 17.3 Å². The molecule has 0 saturated carbocycles. The summed E-state index contributed by atoms with van der Waals surface area (Å²) >= 11 is 0. The summed E-state index contributed by atoms with van der Waals surface area (Å²) in [6, 6.07) is 6.04. The van der Waals surface area contributed by atoms with E-state index in [1.165, 1.54) is 24.7 Å². The fraction of sp³-hybridized carbons (Fsp3) is 0.0833. The van der Waals surface area contributed by atoms with Crippen LogP contribution in [0.4, 0.5) is 11.4 Å². The van der Waals surface area contributed by atoms with Gasteiger partial charge in [-0.15, -0.1) is 0 Å². The second kappa shape index (κ2) is 4.70. The van der Waals surface area contributed by atoms with Crippen molar-refractivity contribution in [2.45, 2.75) is 6.92 Å². The number of rotatable bonds is 3. The average molecular weight is 246 g/mol. The molecule has 0 bridgehead atoms. The lowest BCUT2D eigenvalue weighted by Gasteiger charge is -2.04. The molecule has 1 aromatic carbocycles. The summed E-state index contributed by atoms with van der Waals surface area (Å²) in [5, 5.41) is 13.3. The Bertz CT molecular complexity index is 590. The van der Waals surface area contributed by atoms with Gasteiger partial charge in [-0.3, -0.25) is 14.9 Å². The molecular weight excluding hydrogens is 236 g/mol. The second-order valence-corrected chi connectivity index (χ2v) is 3.72. The molecule has 1 heterocycles. The van der Waals surface area contributed by atoms with Gasteiger partial charge in [-0.25, -0.2) is 0 Å². The van der Waals surface area contributed by atoms with Gasteiger partial charge in [0.15, 0.2) is 0 Å². The Morgan fingerprint density at radius 3 is 2.78 bits per heavy atom. The first-order valence-electron chi connectivity index (χ1n) is 5.16. The van der Waals surface area contributed by atoms with E-state index in [-0.39, 0.29) is 11.6 Å². The van der Waals surface area contributed by atoms with E-state index in [0.717, 1.165) is 0 Å². The van der Waals surface area contributed by atoms with E-state index in [9.17, 15) is 14.9 Å². The third-order valence-corrected chi connectivity index (χ3v) is 2.45. The molecule has 1 N–H and O–H groups in total. The topological polar surface area (TPSA) is 85.4 Å². The first-order valence-corrected chi connectivity index (χ1v) is 5.16. The van der Waals surface area contributed by atoms with Crippen LogP contribution in [-0.4, -0.2) is 10.8 Å². The van der Waals surface area contributed by atoms with Crippen molar-refractivity contribution in [2.75, 3.05) is 5.32 Å². The minimum Gasteiger partial charge on any atom is -0.472 e. The number of aryl methyl sites for hydroxylation is 1. The predicted molar refractivity (Wildman–Crippen MR) is 64.5 cm³/mol. The molecule has 18 heavy (non-hydrogen) atoms. The summed E-state index contributed by atoms with van der Waals surface area (Å²) in [5.74, 6) is -0.373. The van der Waals surface area contributed by atoms with Crippen molar-refractivity contribution in [3.63, 3.8) is 0 Å². The predicted octanol–water partition coefficient (Wildman–Crippen LogP) is 2.75. The van der Waals surface area contributed by atoms with Gasteiger partial charge in [0.1, 0.15) is 6.26 Å². The molecule has 0 unspecified atom stereocenters. The van der Waals surface area contributed by atoms with E-state index in [4.69, 9.17) is 4.42 Å². The van der Waals surface area contributed by atoms with Crippen LogP contribution in [0.3, 0.4) is 0 Å². The number of carbonyl (C=O) groups is 1. The molecule has 0 aliphatic heterocycles. The number of nitro groups is 1.